The van der Waals surface area contributed by atoms with Gasteiger partial charge in [-0.25, -0.2) is 0 Å². The van der Waals surface area contributed by atoms with E-state index in [0.29, 0.717) is 6.42 Å². The summed E-state index contributed by atoms with van der Waals surface area (Å²) in [7, 11) is 0. The summed E-state index contributed by atoms with van der Waals surface area (Å²) in [5.41, 5.74) is -0.717. The van der Waals surface area contributed by atoms with Crippen molar-refractivity contribution in [1.29, 1.82) is 0 Å². The summed E-state index contributed by atoms with van der Waals surface area (Å²) in [5.74, 6) is -0.317. The summed E-state index contributed by atoms with van der Waals surface area (Å²) in [4.78, 5) is 10.7. The van der Waals surface area contributed by atoms with Crippen molar-refractivity contribution in [3.63, 3.8) is 0 Å². The first-order chi connectivity index (χ1) is 5.58. The molecule has 0 rings (SSSR count). The van der Waals surface area contributed by atoms with Crippen molar-refractivity contribution in [3.05, 3.63) is 0 Å². The molecular weight excluding hydrogens is 160 g/mol. The molecule has 0 aromatic carbocycles. The number of ether oxygens (including phenoxy) is 1. The van der Waals surface area contributed by atoms with Crippen LogP contribution in [0.25, 0.3) is 0 Å². The van der Waals surface area contributed by atoms with Crippen molar-refractivity contribution in [1.82, 2.24) is 0 Å². The van der Waals surface area contributed by atoms with E-state index in [0.717, 1.165) is 0 Å². The van der Waals surface area contributed by atoms with E-state index in [1.165, 1.54) is 0 Å². The van der Waals surface area contributed by atoms with Crippen molar-refractivity contribution in [3.8, 4) is 0 Å². The third-order valence-corrected chi connectivity index (χ3v) is 1.63. The molecule has 0 saturated carbocycles. The van der Waals surface area contributed by atoms with Gasteiger partial charge in [0.1, 0.15) is 6.61 Å². The molecule has 0 unspecified atom stereocenters. The maximum Gasteiger partial charge on any atom is 0.305 e. The fraction of sp³-hybridized carbons (Fsp3) is 0.875. The number of carbonyl (C=O) groups excluding carboxylic acids is 1. The zero-order chi connectivity index (χ0) is 9.61. The van der Waals surface area contributed by atoms with Crippen LogP contribution in [0.1, 0.15) is 20.3 Å². The van der Waals surface area contributed by atoms with Crippen LogP contribution in [0.15, 0.2) is 0 Å². The number of hydrogen-bond acceptors (Lipinski definition) is 4. The van der Waals surface area contributed by atoms with Gasteiger partial charge in [-0.15, -0.1) is 0 Å². The van der Waals surface area contributed by atoms with Crippen LogP contribution in [0.3, 0.4) is 0 Å². The zero-order valence-corrected chi connectivity index (χ0v) is 7.54. The van der Waals surface area contributed by atoms with Crippen LogP contribution in [0.2, 0.25) is 0 Å². The highest BCUT2D eigenvalue weighted by Crippen LogP contribution is 2.14. The van der Waals surface area contributed by atoms with E-state index in [9.17, 15) is 4.79 Å². The van der Waals surface area contributed by atoms with Crippen molar-refractivity contribution in [2.75, 3.05) is 19.8 Å². The van der Waals surface area contributed by atoms with Crippen LogP contribution in [-0.4, -0.2) is 36.0 Å². The molecule has 12 heavy (non-hydrogen) atoms. The minimum atomic E-state index is -0.717. The first-order valence-electron chi connectivity index (χ1n) is 3.95. The van der Waals surface area contributed by atoms with E-state index >= 15 is 0 Å². The molecule has 72 valence electrons. The highest BCUT2D eigenvalue weighted by atomic mass is 16.5. The quantitative estimate of drug-likeness (QED) is 0.575. The first-order valence-corrected chi connectivity index (χ1v) is 3.95. The molecule has 0 amide bonds. The summed E-state index contributed by atoms with van der Waals surface area (Å²) in [6.07, 6.45) is 0.312. The van der Waals surface area contributed by atoms with Gasteiger partial charge in [-0.1, -0.05) is 13.8 Å². The van der Waals surface area contributed by atoms with Crippen LogP contribution < -0.4 is 0 Å². The molecule has 4 heteroatoms. The van der Waals surface area contributed by atoms with Crippen molar-refractivity contribution in [2.24, 2.45) is 5.41 Å². The predicted molar refractivity (Wildman–Crippen MR) is 43.5 cm³/mol. The van der Waals surface area contributed by atoms with Gasteiger partial charge in [-0.05, 0) is 0 Å². The number of aliphatic hydroxyl groups is 2. The number of hydrogen-bond donors (Lipinski definition) is 2. The second-order valence-corrected chi connectivity index (χ2v) is 3.14. The number of esters is 1. The Morgan fingerprint density at radius 2 is 1.92 bits per heavy atom. The molecule has 0 spiro atoms. The monoisotopic (exact) mass is 176 g/mol. The topological polar surface area (TPSA) is 66.8 Å². The van der Waals surface area contributed by atoms with E-state index in [1.54, 1.807) is 13.8 Å². The van der Waals surface area contributed by atoms with Gasteiger partial charge >= 0.3 is 5.97 Å². The Morgan fingerprint density at radius 3 is 2.25 bits per heavy atom. The van der Waals surface area contributed by atoms with E-state index < -0.39 is 5.41 Å². The van der Waals surface area contributed by atoms with Gasteiger partial charge in [0.15, 0.2) is 0 Å². The Labute approximate surface area is 72.2 Å². The van der Waals surface area contributed by atoms with Gasteiger partial charge in [-0.2, -0.15) is 0 Å². The lowest BCUT2D eigenvalue weighted by molar-refractivity contribution is -0.148. The van der Waals surface area contributed by atoms with Crippen molar-refractivity contribution < 1.29 is 19.7 Å². The number of aliphatic hydroxyl groups excluding tert-OH is 2. The summed E-state index contributed by atoms with van der Waals surface area (Å²) in [6.45, 7) is 3.02. The maximum absolute atomic E-state index is 10.7. The van der Waals surface area contributed by atoms with E-state index in [4.69, 9.17) is 14.9 Å². The average Bonchev–Trinajstić information content (AvgIpc) is 2.13. The molecule has 0 aliphatic carbocycles. The van der Waals surface area contributed by atoms with Gasteiger partial charge in [-0.3, -0.25) is 4.79 Å². The molecule has 2 N–H and O–H groups in total. The fourth-order valence-electron chi connectivity index (χ4n) is 0.498. The molecule has 0 radical (unpaired) electrons. The van der Waals surface area contributed by atoms with Gasteiger partial charge in [0.2, 0.25) is 0 Å². The molecular formula is C8H16O4. The smallest absolute Gasteiger partial charge is 0.305 e. The Balaban J connectivity index is 3.80. The molecule has 0 fully saturated rings. The standard InChI is InChI=1S/C8H16O4/c1-3-7(11)12-6-8(2,4-9)5-10/h9-10H,3-6H2,1-2H3. The molecule has 0 aliphatic heterocycles. The van der Waals surface area contributed by atoms with Crippen LogP contribution in [-0.2, 0) is 9.53 Å². The van der Waals surface area contributed by atoms with E-state index in [-0.39, 0.29) is 25.8 Å². The number of rotatable bonds is 5. The molecule has 0 aromatic heterocycles. The van der Waals surface area contributed by atoms with Crippen LogP contribution in [0.5, 0.6) is 0 Å². The minimum absolute atomic E-state index is 0.0622. The lowest BCUT2D eigenvalue weighted by Crippen LogP contribution is -2.32. The summed E-state index contributed by atoms with van der Waals surface area (Å²) < 4.78 is 4.78. The Morgan fingerprint density at radius 1 is 1.42 bits per heavy atom. The highest BCUT2D eigenvalue weighted by molar-refractivity contribution is 5.68. The van der Waals surface area contributed by atoms with Gasteiger partial charge in [0.25, 0.3) is 0 Å². The minimum Gasteiger partial charge on any atom is -0.465 e. The molecule has 0 aliphatic rings. The second kappa shape index (κ2) is 5.11. The normalized spacial score (nSPS) is 11.3. The van der Waals surface area contributed by atoms with Gasteiger partial charge in [0.05, 0.1) is 13.2 Å². The molecule has 4 nitrogen and oxygen atoms in total. The fourth-order valence-corrected chi connectivity index (χ4v) is 0.498. The maximum atomic E-state index is 10.7. The lowest BCUT2D eigenvalue weighted by Gasteiger charge is -2.23. The lowest BCUT2D eigenvalue weighted by atomic mass is 9.95. The summed E-state index contributed by atoms with van der Waals surface area (Å²) in [6, 6.07) is 0. The third kappa shape index (κ3) is 3.69. The Hall–Kier alpha value is -0.610. The van der Waals surface area contributed by atoms with E-state index in [1.807, 2.05) is 0 Å². The third-order valence-electron chi connectivity index (χ3n) is 1.63. The first kappa shape index (κ1) is 11.4. The Bertz CT molecular complexity index is 140. The predicted octanol–water partition coefficient (Wildman–Crippen LogP) is -0.0695. The summed E-state index contributed by atoms with van der Waals surface area (Å²) >= 11 is 0. The van der Waals surface area contributed by atoms with Crippen LogP contribution >= 0.6 is 0 Å². The average molecular weight is 176 g/mol. The van der Waals surface area contributed by atoms with Crippen LogP contribution in [0, 0.1) is 5.41 Å². The number of carbonyl (C=O) groups is 1. The van der Waals surface area contributed by atoms with Crippen molar-refractivity contribution >= 4 is 5.97 Å². The molecule has 0 aromatic rings. The van der Waals surface area contributed by atoms with Crippen LogP contribution in [0.4, 0.5) is 0 Å². The molecule has 0 saturated heterocycles. The van der Waals surface area contributed by atoms with Gasteiger partial charge < -0.3 is 14.9 Å². The SMILES string of the molecule is CCC(=O)OCC(C)(CO)CO. The molecule has 0 heterocycles. The van der Waals surface area contributed by atoms with Crippen molar-refractivity contribution in [2.45, 2.75) is 20.3 Å². The molecule has 0 atom stereocenters. The zero-order valence-electron chi connectivity index (χ0n) is 7.54. The Kier molecular flexibility index (Phi) is 4.85. The largest absolute Gasteiger partial charge is 0.465 e. The summed E-state index contributed by atoms with van der Waals surface area (Å²) in [5, 5.41) is 17.6. The highest BCUT2D eigenvalue weighted by Gasteiger charge is 2.24. The van der Waals surface area contributed by atoms with E-state index in [2.05, 4.69) is 0 Å². The van der Waals surface area contributed by atoms with Gasteiger partial charge in [0, 0.05) is 11.8 Å². The second-order valence-electron chi connectivity index (χ2n) is 3.14. The molecule has 0 bridgehead atoms.